The predicted octanol–water partition coefficient (Wildman–Crippen LogP) is 6.90. The molecule has 17 nitrogen and oxygen atoms in total. The standard InChI is InChI=1S/C43H74O17P2/c1-3-5-7-9-11-12-13-14-15-16-18-22-26-30-36(45)56-32-35(58-37(46)31-27-23-19-21-25-29-34(44)28-24-20-17-10-8-6-4-2)33-57-62(54,55)60-43-40(49)38(47)39(48)42(41(43)50)59-61(51,52)53/h7,9,12-13,17,20,24,28,35,38-43,47-50H,3-6,8,10-11,14-16,18-19,21-23,25-27,29-33H2,1-2H3,(H,54,55)(H2,51,52,53)/b9-7-,13-12-,20-17-,28-24+/t35-,38?,39?,40?,41?,42-,43+/m1/s1. The van der Waals surface area contributed by atoms with Gasteiger partial charge < -0.3 is 44.6 Å². The molecule has 7 N–H and O–H groups in total. The second-order valence-electron chi connectivity index (χ2n) is 15.4. The van der Waals surface area contributed by atoms with E-state index in [1.807, 2.05) is 12.2 Å². The smallest absolute Gasteiger partial charge is 0.462 e. The van der Waals surface area contributed by atoms with E-state index >= 15 is 0 Å². The summed E-state index contributed by atoms with van der Waals surface area (Å²) < 4.78 is 49.1. The molecule has 1 fully saturated rings. The highest BCUT2D eigenvalue weighted by Crippen LogP contribution is 2.49. The zero-order chi connectivity index (χ0) is 46.2. The minimum absolute atomic E-state index is 0.0414. The van der Waals surface area contributed by atoms with Crippen LogP contribution in [-0.2, 0) is 46.6 Å². The molecule has 5 unspecified atom stereocenters. The van der Waals surface area contributed by atoms with Crippen LogP contribution in [0.3, 0.4) is 0 Å². The van der Waals surface area contributed by atoms with Gasteiger partial charge in [0.1, 0.15) is 43.2 Å². The number of hydrogen-bond acceptors (Lipinski definition) is 14. The number of phosphoric ester groups is 2. The van der Waals surface area contributed by atoms with Crippen molar-refractivity contribution >= 4 is 33.4 Å². The zero-order valence-corrected chi connectivity index (χ0v) is 38.3. The van der Waals surface area contributed by atoms with E-state index in [4.69, 9.17) is 28.3 Å². The van der Waals surface area contributed by atoms with Crippen LogP contribution in [0, 0.1) is 0 Å². The van der Waals surface area contributed by atoms with Gasteiger partial charge in [-0.25, -0.2) is 9.13 Å². The van der Waals surface area contributed by atoms with Crippen molar-refractivity contribution in [1.29, 1.82) is 0 Å². The highest BCUT2D eigenvalue weighted by atomic mass is 31.2. The quantitative estimate of drug-likeness (QED) is 0.00840. The molecular weight excluding hydrogens is 850 g/mol. The summed E-state index contributed by atoms with van der Waals surface area (Å²) in [5.74, 6) is -1.28. The Kier molecular flexibility index (Phi) is 31.7. The van der Waals surface area contributed by atoms with Crippen LogP contribution in [0.15, 0.2) is 48.6 Å². The van der Waals surface area contributed by atoms with E-state index in [2.05, 4.69) is 42.7 Å². The number of phosphoric acid groups is 2. The molecule has 0 aromatic heterocycles. The first-order chi connectivity index (χ1) is 29.5. The van der Waals surface area contributed by atoms with E-state index in [1.165, 1.54) is 6.42 Å². The van der Waals surface area contributed by atoms with Crippen molar-refractivity contribution in [2.75, 3.05) is 13.2 Å². The fraction of sp³-hybridized carbons (Fsp3) is 0.744. The molecule has 0 aliphatic heterocycles. The third kappa shape index (κ3) is 28.4. The molecule has 0 saturated heterocycles. The number of rotatable bonds is 36. The van der Waals surface area contributed by atoms with Crippen molar-refractivity contribution in [3.63, 3.8) is 0 Å². The Balaban J connectivity index is 2.68. The molecule has 358 valence electrons. The molecule has 0 heterocycles. The molecule has 0 bridgehead atoms. The average Bonchev–Trinajstić information content (AvgIpc) is 3.22. The summed E-state index contributed by atoms with van der Waals surface area (Å²) in [7, 11) is -10.7. The summed E-state index contributed by atoms with van der Waals surface area (Å²) >= 11 is 0. The molecule has 1 aliphatic rings. The number of unbranched alkanes of at least 4 members (excludes halogenated alkanes) is 13. The highest BCUT2D eigenvalue weighted by Gasteiger charge is 2.54. The van der Waals surface area contributed by atoms with E-state index in [9.17, 15) is 48.8 Å². The summed E-state index contributed by atoms with van der Waals surface area (Å²) in [4.78, 5) is 66.2. The van der Waals surface area contributed by atoms with Gasteiger partial charge in [-0.15, -0.1) is 0 Å². The van der Waals surface area contributed by atoms with Gasteiger partial charge >= 0.3 is 27.6 Å². The van der Waals surface area contributed by atoms with Crippen molar-refractivity contribution in [3.8, 4) is 0 Å². The second-order valence-corrected chi connectivity index (χ2v) is 18.0. The van der Waals surface area contributed by atoms with E-state index in [-0.39, 0.29) is 18.6 Å². The van der Waals surface area contributed by atoms with Crippen LogP contribution in [0.2, 0.25) is 0 Å². The summed E-state index contributed by atoms with van der Waals surface area (Å²) in [6.07, 6.45) is 17.6. The summed E-state index contributed by atoms with van der Waals surface area (Å²) in [5.41, 5.74) is 0. The van der Waals surface area contributed by atoms with Gasteiger partial charge in [0.25, 0.3) is 0 Å². The molecule has 1 rings (SSSR count). The Morgan fingerprint density at radius 1 is 0.565 bits per heavy atom. The fourth-order valence-corrected chi connectivity index (χ4v) is 7.88. The van der Waals surface area contributed by atoms with Crippen LogP contribution in [0.1, 0.15) is 149 Å². The Morgan fingerprint density at radius 3 is 1.74 bits per heavy atom. The maximum Gasteiger partial charge on any atom is 0.472 e. The van der Waals surface area contributed by atoms with Crippen LogP contribution in [-0.4, -0.2) is 109 Å². The summed E-state index contributed by atoms with van der Waals surface area (Å²) in [6.45, 7) is 2.85. The first-order valence-electron chi connectivity index (χ1n) is 22.1. The van der Waals surface area contributed by atoms with E-state index < -0.39 is 83.5 Å². The van der Waals surface area contributed by atoms with Crippen molar-refractivity contribution < 1.29 is 81.7 Å². The molecule has 0 amide bonds. The van der Waals surface area contributed by atoms with Gasteiger partial charge in [0.05, 0.1) is 6.61 Å². The predicted molar refractivity (Wildman–Crippen MR) is 232 cm³/mol. The molecule has 0 spiro atoms. The van der Waals surface area contributed by atoms with Crippen LogP contribution < -0.4 is 0 Å². The summed E-state index contributed by atoms with van der Waals surface area (Å²) in [5, 5.41) is 41.1. The van der Waals surface area contributed by atoms with E-state index in [0.29, 0.717) is 32.1 Å². The molecule has 0 radical (unpaired) electrons. The monoisotopic (exact) mass is 924 g/mol. The lowest BCUT2D eigenvalue weighted by atomic mass is 9.85. The van der Waals surface area contributed by atoms with Crippen LogP contribution in [0.4, 0.5) is 0 Å². The van der Waals surface area contributed by atoms with Gasteiger partial charge in [-0.2, -0.15) is 0 Å². The molecule has 1 saturated carbocycles. The van der Waals surface area contributed by atoms with Gasteiger partial charge in [0.2, 0.25) is 0 Å². The van der Waals surface area contributed by atoms with Gasteiger partial charge in [-0.1, -0.05) is 114 Å². The lowest BCUT2D eigenvalue weighted by molar-refractivity contribution is -0.216. The molecule has 0 aromatic carbocycles. The van der Waals surface area contributed by atoms with Crippen molar-refractivity contribution in [2.45, 2.75) is 191 Å². The lowest BCUT2D eigenvalue weighted by Gasteiger charge is -2.43. The highest BCUT2D eigenvalue weighted by molar-refractivity contribution is 7.47. The SMILES string of the molecule is CCC/C=C\C/C=C\CCCCCCCC(=O)OC[C@H](COP(=O)(O)O[C@H]1C(O)C(O)C(O)[C@@H](OP(=O)(O)O)C1O)OC(=O)CCCCCCCC(=O)/C=C/C=C\CCCCC. The normalized spacial score (nSPS) is 22.5. The number of ether oxygens (including phenoxy) is 2. The first kappa shape index (κ1) is 57.6. The zero-order valence-electron chi connectivity index (χ0n) is 36.5. The number of aliphatic hydroxyl groups excluding tert-OH is 4. The minimum Gasteiger partial charge on any atom is -0.462 e. The molecule has 0 aromatic rings. The van der Waals surface area contributed by atoms with Gasteiger partial charge in [-0.05, 0) is 63.9 Å². The average molecular weight is 925 g/mol. The third-order valence-corrected chi connectivity index (χ3v) is 11.3. The van der Waals surface area contributed by atoms with E-state index in [1.54, 1.807) is 12.2 Å². The lowest BCUT2D eigenvalue weighted by Crippen LogP contribution is -2.64. The Morgan fingerprint density at radius 2 is 1.11 bits per heavy atom. The molecule has 1 aliphatic carbocycles. The molecule has 8 atom stereocenters. The van der Waals surface area contributed by atoms with Gasteiger partial charge in [-0.3, -0.25) is 28.0 Å². The Bertz CT molecular complexity index is 1460. The topological polar surface area (TPSA) is 273 Å². The molecular formula is C43H74O17P2. The van der Waals surface area contributed by atoms with Crippen molar-refractivity contribution in [1.82, 2.24) is 0 Å². The fourth-order valence-electron chi connectivity index (χ4n) is 6.34. The Hall–Kier alpha value is -2.37. The largest absolute Gasteiger partial charge is 0.472 e. The van der Waals surface area contributed by atoms with Crippen molar-refractivity contribution in [2.24, 2.45) is 0 Å². The van der Waals surface area contributed by atoms with Crippen LogP contribution in [0.5, 0.6) is 0 Å². The number of hydrogen-bond donors (Lipinski definition) is 7. The number of allylic oxidation sites excluding steroid dienone is 8. The second kappa shape index (κ2) is 34.0. The summed E-state index contributed by atoms with van der Waals surface area (Å²) in [6, 6.07) is 0. The number of aliphatic hydroxyl groups is 4. The minimum atomic E-state index is -5.38. The maximum atomic E-state index is 12.9. The van der Waals surface area contributed by atoms with Crippen LogP contribution >= 0.6 is 15.6 Å². The number of ketones is 1. The number of carbonyl (C=O) groups is 3. The first-order valence-corrected chi connectivity index (χ1v) is 25.2. The number of esters is 2. The van der Waals surface area contributed by atoms with Gasteiger partial charge in [0.15, 0.2) is 11.9 Å². The molecule has 19 heteroatoms. The van der Waals surface area contributed by atoms with Crippen molar-refractivity contribution in [3.05, 3.63) is 48.6 Å². The maximum absolute atomic E-state index is 12.9. The Labute approximate surface area is 367 Å². The third-order valence-electron chi connectivity index (χ3n) is 9.83. The van der Waals surface area contributed by atoms with Crippen LogP contribution in [0.25, 0.3) is 0 Å². The van der Waals surface area contributed by atoms with E-state index in [0.717, 1.165) is 83.5 Å². The molecule has 62 heavy (non-hydrogen) atoms. The van der Waals surface area contributed by atoms with Gasteiger partial charge in [0, 0.05) is 19.3 Å². The number of carbonyl (C=O) groups excluding carboxylic acids is 3.